The summed E-state index contributed by atoms with van der Waals surface area (Å²) in [7, 11) is 0. The summed E-state index contributed by atoms with van der Waals surface area (Å²) < 4.78 is 0. The van der Waals surface area contributed by atoms with Gasteiger partial charge in [-0.3, -0.25) is 14.5 Å². The third-order valence-electron chi connectivity index (χ3n) is 3.74. The number of hydrogen-bond acceptors (Lipinski definition) is 5. The number of likely N-dealkylation sites (tertiary alicyclic amines) is 1. The first-order valence-electron chi connectivity index (χ1n) is 7.17. The van der Waals surface area contributed by atoms with Gasteiger partial charge in [-0.25, -0.2) is 4.98 Å². The summed E-state index contributed by atoms with van der Waals surface area (Å²) in [4.78, 5) is 30.7. The van der Waals surface area contributed by atoms with Crippen molar-refractivity contribution in [2.75, 3.05) is 19.6 Å². The van der Waals surface area contributed by atoms with Crippen molar-refractivity contribution in [2.45, 2.75) is 33.2 Å². The van der Waals surface area contributed by atoms with E-state index in [-0.39, 0.29) is 24.3 Å². The van der Waals surface area contributed by atoms with E-state index in [1.807, 2.05) is 18.7 Å². The highest BCUT2D eigenvalue weighted by Crippen LogP contribution is 2.18. The van der Waals surface area contributed by atoms with Crippen molar-refractivity contribution >= 4 is 23.2 Å². The number of piperidine rings is 1. The first-order valence-corrected chi connectivity index (χ1v) is 7.98. The average molecular weight is 310 g/mol. The predicted octanol–water partition coefficient (Wildman–Crippen LogP) is 0.573. The van der Waals surface area contributed by atoms with Gasteiger partial charge in [0.1, 0.15) is 5.01 Å². The maximum atomic E-state index is 12.2. The molecule has 1 atom stereocenters. The number of nitrogens with zero attached hydrogens (tertiary/aromatic N) is 2. The van der Waals surface area contributed by atoms with E-state index in [2.05, 4.69) is 10.3 Å². The van der Waals surface area contributed by atoms with Crippen LogP contribution in [-0.4, -0.2) is 41.3 Å². The van der Waals surface area contributed by atoms with Gasteiger partial charge in [-0.2, -0.15) is 0 Å². The van der Waals surface area contributed by atoms with Crippen LogP contribution in [-0.2, 0) is 16.1 Å². The molecule has 2 amide bonds. The molecule has 1 aliphatic heterocycles. The summed E-state index contributed by atoms with van der Waals surface area (Å²) in [6.45, 7) is 6.14. The summed E-state index contributed by atoms with van der Waals surface area (Å²) in [6, 6.07) is 0. The third kappa shape index (κ3) is 4.50. The monoisotopic (exact) mass is 310 g/mol. The zero-order chi connectivity index (χ0) is 15.4. The summed E-state index contributed by atoms with van der Waals surface area (Å²) >= 11 is 1.61. The van der Waals surface area contributed by atoms with Gasteiger partial charge < -0.3 is 11.1 Å². The molecule has 21 heavy (non-hydrogen) atoms. The molecular weight excluding hydrogens is 288 g/mol. The fraction of sp³-hybridized carbons (Fsp3) is 0.643. The van der Waals surface area contributed by atoms with Crippen molar-refractivity contribution in [3.63, 3.8) is 0 Å². The molecule has 1 aliphatic rings. The van der Waals surface area contributed by atoms with Gasteiger partial charge >= 0.3 is 0 Å². The highest BCUT2D eigenvalue weighted by Gasteiger charge is 2.26. The molecule has 0 radical (unpaired) electrons. The first-order chi connectivity index (χ1) is 9.95. The van der Waals surface area contributed by atoms with Gasteiger partial charge in [0.05, 0.1) is 24.7 Å². The van der Waals surface area contributed by atoms with Crippen LogP contribution in [0.3, 0.4) is 0 Å². The van der Waals surface area contributed by atoms with Crippen molar-refractivity contribution in [1.29, 1.82) is 0 Å². The van der Waals surface area contributed by atoms with E-state index in [1.165, 1.54) is 4.88 Å². The van der Waals surface area contributed by atoms with Gasteiger partial charge in [-0.1, -0.05) is 0 Å². The molecule has 2 rings (SSSR count). The Labute approximate surface area is 128 Å². The smallest absolute Gasteiger partial charge is 0.231 e. The Morgan fingerprint density at radius 1 is 1.48 bits per heavy atom. The molecule has 1 aromatic rings. The topological polar surface area (TPSA) is 88.3 Å². The average Bonchev–Trinajstić information content (AvgIpc) is 2.75. The molecule has 0 bridgehead atoms. The number of amides is 2. The van der Waals surface area contributed by atoms with E-state index in [4.69, 9.17) is 5.73 Å². The van der Waals surface area contributed by atoms with Gasteiger partial charge in [0.25, 0.3) is 0 Å². The van der Waals surface area contributed by atoms with Crippen LogP contribution in [0.25, 0.3) is 0 Å². The fourth-order valence-corrected chi connectivity index (χ4v) is 3.43. The molecule has 7 heteroatoms. The molecule has 1 saturated heterocycles. The molecule has 0 aliphatic carbocycles. The predicted molar refractivity (Wildman–Crippen MR) is 81.8 cm³/mol. The normalized spacial score (nSPS) is 19.4. The zero-order valence-electron chi connectivity index (χ0n) is 12.5. The number of carbonyl (C=O) groups excluding carboxylic acids is 2. The molecule has 1 fully saturated rings. The minimum absolute atomic E-state index is 0.0367. The number of primary amides is 1. The highest BCUT2D eigenvalue weighted by atomic mass is 32.1. The second-order valence-corrected chi connectivity index (χ2v) is 6.80. The SMILES string of the molecule is Cc1nc(CNC(=O)C2CCCN(CC(N)=O)C2)sc1C. The standard InChI is InChI=1S/C14H22N4O2S/c1-9-10(2)21-13(17-9)6-16-14(20)11-4-3-5-18(7-11)8-12(15)19/h11H,3-8H2,1-2H3,(H2,15,19)(H,16,20). The number of aryl methyl sites for hydroxylation is 2. The van der Waals surface area contributed by atoms with Crippen molar-refractivity contribution in [2.24, 2.45) is 11.7 Å². The molecule has 1 aromatic heterocycles. The summed E-state index contributed by atoms with van der Waals surface area (Å²) in [5, 5.41) is 3.88. The van der Waals surface area contributed by atoms with E-state index in [1.54, 1.807) is 11.3 Å². The Morgan fingerprint density at radius 3 is 2.86 bits per heavy atom. The minimum Gasteiger partial charge on any atom is -0.369 e. The lowest BCUT2D eigenvalue weighted by atomic mass is 9.97. The Kier molecular flexibility index (Phi) is 5.30. The van der Waals surface area contributed by atoms with Crippen LogP contribution in [0, 0.1) is 19.8 Å². The number of aromatic nitrogens is 1. The molecule has 0 spiro atoms. The summed E-state index contributed by atoms with van der Waals surface area (Å²) in [5.74, 6) is -0.375. The van der Waals surface area contributed by atoms with Gasteiger partial charge in [0.2, 0.25) is 11.8 Å². The van der Waals surface area contributed by atoms with Crippen LogP contribution in [0.4, 0.5) is 0 Å². The van der Waals surface area contributed by atoms with Crippen molar-refractivity contribution in [3.8, 4) is 0 Å². The lowest BCUT2D eigenvalue weighted by molar-refractivity contribution is -0.128. The lowest BCUT2D eigenvalue weighted by Crippen LogP contribution is -2.45. The van der Waals surface area contributed by atoms with Gasteiger partial charge in [-0.15, -0.1) is 11.3 Å². The molecule has 116 valence electrons. The minimum atomic E-state index is -0.343. The molecule has 0 saturated carbocycles. The fourth-order valence-electron chi connectivity index (χ4n) is 2.56. The number of nitrogens with two attached hydrogens (primary N) is 1. The Morgan fingerprint density at radius 2 is 2.24 bits per heavy atom. The van der Waals surface area contributed by atoms with E-state index in [0.29, 0.717) is 13.1 Å². The van der Waals surface area contributed by atoms with E-state index in [0.717, 1.165) is 30.1 Å². The number of rotatable bonds is 5. The second-order valence-electron chi connectivity index (χ2n) is 5.51. The zero-order valence-corrected chi connectivity index (χ0v) is 13.3. The molecule has 3 N–H and O–H groups in total. The molecule has 1 unspecified atom stereocenters. The quantitative estimate of drug-likeness (QED) is 0.832. The van der Waals surface area contributed by atoms with Crippen molar-refractivity contribution in [3.05, 3.63) is 15.6 Å². The third-order valence-corrected chi connectivity index (χ3v) is 4.82. The largest absolute Gasteiger partial charge is 0.369 e. The van der Waals surface area contributed by atoms with Crippen LogP contribution >= 0.6 is 11.3 Å². The maximum Gasteiger partial charge on any atom is 0.231 e. The lowest BCUT2D eigenvalue weighted by Gasteiger charge is -2.30. The number of hydrogen-bond donors (Lipinski definition) is 2. The maximum absolute atomic E-state index is 12.2. The summed E-state index contributed by atoms with van der Waals surface area (Å²) in [6.07, 6.45) is 1.78. The van der Waals surface area contributed by atoms with Gasteiger partial charge in [-0.05, 0) is 33.2 Å². The van der Waals surface area contributed by atoms with Gasteiger partial charge in [0.15, 0.2) is 0 Å². The number of thiazole rings is 1. The van der Waals surface area contributed by atoms with Crippen LogP contribution in [0.15, 0.2) is 0 Å². The number of nitrogens with one attached hydrogen (secondary N) is 1. The first kappa shape index (κ1) is 15.9. The Bertz CT molecular complexity index is 510. The van der Waals surface area contributed by atoms with Crippen molar-refractivity contribution < 1.29 is 9.59 Å². The molecule has 6 nitrogen and oxygen atoms in total. The van der Waals surface area contributed by atoms with Gasteiger partial charge in [0, 0.05) is 11.4 Å². The number of carbonyl (C=O) groups is 2. The highest BCUT2D eigenvalue weighted by molar-refractivity contribution is 7.11. The molecule has 0 aromatic carbocycles. The Balaban J connectivity index is 1.83. The molecular formula is C14H22N4O2S. The van der Waals surface area contributed by atoms with Crippen molar-refractivity contribution in [1.82, 2.24) is 15.2 Å². The Hall–Kier alpha value is -1.47. The van der Waals surface area contributed by atoms with E-state index >= 15 is 0 Å². The van der Waals surface area contributed by atoms with Crippen LogP contribution < -0.4 is 11.1 Å². The second kappa shape index (κ2) is 7.00. The van der Waals surface area contributed by atoms with Crippen LogP contribution in [0.1, 0.15) is 28.4 Å². The summed E-state index contributed by atoms with van der Waals surface area (Å²) in [5.41, 5.74) is 6.23. The molecule has 2 heterocycles. The van der Waals surface area contributed by atoms with E-state index in [9.17, 15) is 9.59 Å². The van der Waals surface area contributed by atoms with Crippen LogP contribution in [0.5, 0.6) is 0 Å². The van der Waals surface area contributed by atoms with Crippen LogP contribution in [0.2, 0.25) is 0 Å². The van der Waals surface area contributed by atoms with E-state index < -0.39 is 0 Å².